The third-order valence-corrected chi connectivity index (χ3v) is 3.26. The number of benzene rings is 1. The number of rotatable bonds is 5. The molecule has 0 amide bonds. The van der Waals surface area contributed by atoms with E-state index in [0.29, 0.717) is 6.54 Å². The van der Waals surface area contributed by atoms with E-state index in [-0.39, 0.29) is 0 Å². The van der Waals surface area contributed by atoms with Gasteiger partial charge >= 0.3 is 0 Å². The van der Waals surface area contributed by atoms with Crippen molar-refractivity contribution < 1.29 is 0 Å². The highest BCUT2D eigenvalue weighted by atomic mass is 32.2. The Labute approximate surface area is 99.7 Å². The molecule has 0 saturated heterocycles. The molecule has 84 valence electrons. The maximum atomic E-state index is 5.49. The van der Waals surface area contributed by atoms with Crippen LogP contribution in [0.1, 0.15) is 5.56 Å². The standard InChI is InChI=1S/C12H15N3S/c13-6-9-16-12-14-7-8-15(12)10-11-4-2-1-3-5-11/h1-5,7-8H,6,9-10,13H2. The molecule has 4 heteroatoms. The van der Waals surface area contributed by atoms with Crippen LogP contribution in [0, 0.1) is 0 Å². The van der Waals surface area contributed by atoms with E-state index in [1.807, 2.05) is 18.5 Å². The largest absolute Gasteiger partial charge is 0.330 e. The molecule has 0 aliphatic rings. The zero-order valence-corrected chi connectivity index (χ0v) is 9.86. The van der Waals surface area contributed by atoms with Crippen molar-refractivity contribution in [2.24, 2.45) is 5.73 Å². The van der Waals surface area contributed by atoms with E-state index in [2.05, 4.69) is 33.8 Å². The molecule has 0 radical (unpaired) electrons. The number of imidazole rings is 1. The molecule has 0 saturated carbocycles. The van der Waals surface area contributed by atoms with Crippen molar-refractivity contribution in [3.8, 4) is 0 Å². The molecule has 16 heavy (non-hydrogen) atoms. The number of nitrogens with two attached hydrogens (primary N) is 1. The average Bonchev–Trinajstić information content (AvgIpc) is 2.75. The van der Waals surface area contributed by atoms with Gasteiger partial charge in [-0.3, -0.25) is 0 Å². The molecule has 1 aromatic carbocycles. The molecule has 0 spiro atoms. The molecule has 0 atom stereocenters. The Bertz CT molecular complexity index is 425. The van der Waals surface area contributed by atoms with Gasteiger partial charge in [0.2, 0.25) is 0 Å². The quantitative estimate of drug-likeness (QED) is 0.803. The van der Waals surface area contributed by atoms with Gasteiger partial charge in [-0.25, -0.2) is 4.98 Å². The summed E-state index contributed by atoms with van der Waals surface area (Å²) in [5, 5.41) is 1.04. The monoisotopic (exact) mass is 233 g/mol. The minimum absolute atomic E-state index is 0.683. The zero-order valence-electron chi connectivity index (χ0n) is 9.04. The van der Waals surface area contributed by atoms with Crippen molar-refractivity contribution in [1.82, 2.24) is 9.55 Å². The van der Waals surface area contributed by atoms with Gasteiger partial charge in [-0.2, -0.15) is 0 Å². The maximum absolute atomic E-state index is 5.49. The Morgan fingerprint density at radius 1 is 1.25 bits per heavy atom. The first-order valence-corrected chi connectivity index (χ1v) is 6.26. The van der Waals surface area contributed by atoms with Crippen molar-refractivity contribution in [2.45, 2.75) is 11.7 Å². The second kappa shape index (κ2) is 5.72. The van der Waals surface area contributed by atoms with Gasteiger partial charge in [-0.1, -0.05) is 42.1 Å². The predicted octanol–water partition coefficient (Wildman–Crippen LogP) is 1.98. The SMILES string of the molecule is NCCSc1nccn1Cc1ccccc1. The summed E-state index contributed by atoms with van der Waals surface area (Å²) in [4.78, 5) is 4.32. The summed E-state index contributed by atoms with van der Waals surface area (Å²) in [5.74, 6) is 0.909. The lowest BCUT2D eigenvalue weighted by Gasteiger charge is -2.06. The van der Waals surface area contributed by atoms with Crippen LogP contribution in [-0.2, 0) is 6.54 Å². The summed E-state index contributed by atoms with van der Waals surface area (Å²) >= 11 is 1.70. The van der Waals surface area contributed by atoms with Crippen molar-refractivity contribution in [1.29, 1.82) is 0 Å². The van der Waals surface area contributed by atoms with Crippen LogP contribution < -0.4 is 5.73 Å². The molecule has 0 aliphatic carbocycles. The Balaban J connectivity index is 2.07. The number of aromatic nitrogens is 2. The van der Waals surface area contributed by atoms with E-state index in [9.17, 15) is 0 Å². The van der Waals surface area contributed by atoms with Crippen LogP contribution in [-0.4, -0.2) is 21.8 Å². The van der Waals surface area contributed by atoms with Gasteiger partial charge in [0.25, 0.3) is 0 Å². The predicted molar refractivity (Wildman–Crippen MR) is 67.5 cm³/mol. The first-order valence-electron chi connectivity index (χ1n) is 5.28. The van der Waals surface area contributed by atoms with Gasteiger partial charge in [-0.15, -0.1) is 0 Å². The molecule has 2 aromatic rings. The lowest BCUT2D eigenvalue weighted by molar-refractivity contribution is 0.708. The summed E-state index contributed by atoms with van der Waals surface area (Å²) in [7, 11) is 0. The summed E-state index contributed by atoms with van der Waals surface area (Å²) in [6, 6.07) is 10.4. The molecular formula is C12H15N3S. The van der Waals surface area contributed by atoms with Gasteiger partial charge in [0.15, 0.2) is 5.16 Å². The van der Waals surface area contributed by atoms with Crippen LogP contribution in [0.15, 0.2) is 47.9 Å². The number of thioether (sulfide) groups is 1. The van der Waals surface area contributed by atoms with Crippen molar-refractivity contribution in [3.05, 3.63) is 48.3 Å². The van der Waals surface area contributed by atoms with Crippen LogP contribution >= 0.6 is 11.8 Å². The van der Waals surface area contributed by atoms with E-state index >= 15 is 0 Å². The van der Waals surface area contributed by atoms with Crippen molar-refractivity contribution in [2.75, 3.05) is 12.3 Å². The van der Waals surface area contributed by atoms with E-state index in [0.717, 1.165) is 17.5 Å². The van der Waals surface area contributed by atoms with Gasteiger partial charge in [-0.05, 0) is 5.56 Å². The lowest BCUT2D eigenvalue weighted by Crippen LogP contribution is -2.04. The molecule has 2 rings (SSSR count). The average molecular weight is 233 g/mol. The number of hydrogen-bond acceptors (Lipinski definition) is 3. The number of nitrogens with zero attached hydrogens (tertiary/aromatic N) is 2. The van der Waals surface area contributed by atoms with Crippen LogP contribution in [0.5, 0.6) is 0 Å². The second-order valence-corrected chi connectivity index (χ2v) is 4.52. The van der Waals surface area contributed by atoms with E-state index in [4.69, 9.17) is 5.73 Å². The Kier molecular flexibility index (Phi) is 4.02. The first-order chi connectivity index (χ1) is 7.90. The molecule has 1 heterocycles. The fourth-order valence-corrected chi connectivity index (χ4v) is 2.21. The molecule has 3 nitrogen and oxygen atoms in total. The first kappa shape index (κ1) is 11.2. The number of hydrogen-bond donors (Lipinski definition) is 1. The fourth-order valence-electron chi connectivity index (χ4n) is 1.49. The zero-order chi connectivity index (χ0) is 11.2. The summed E-state index contributed by atoms with van der Waals surface area (Å²) in [6.45, 7) is 1.55. The van der Waals surface area contributed by atoms with E-state index in [1.165, 1.54) is 5.56 Å². The van der Waals surface area contributed by atoms with Crippen LogP contribution in [0.25, 0.3) is 0 Å². The van der Waals surface area contributed by atoms with Gasteiger partial charge in [0, 0.05) is 31.2 Å². The fraction of sp³-hybridized carbons (Fsp3) is 0.250. The highest BCUT2D eigenvalue weighted by Crippen LogP contribution is 2.16. The minimum atomic E-state index is 0.683. The Morgan fingerprint density at radius 2 is 2.06 bits per heavy atom. The molecule has 0 aliphatic heterocycles. The van der Waals surface area contributed by atoms with Crippen molar-refractivity contribution in [3.63, 3.8) is 0 Å². The van der Waals surface area contributed by atoms with E-state index in [1.54, 1.807) is 11.8 Å². The maximum Gasteiger partial charge on any atom is 0.168 e. The second-order valence-electron chi connectivity index (χ2n) is 3.46. The topological polar surface area (TPSA) is 43.8 Å². The molecule has 0 bridgehead atoms. The van der Waals surface area contributed by atoms with Gasteiger partial charge < -0.3 is 10.3 Å². The van der Waals surface area contributed by atoms with Gasteiger partial charge in [0.05, 0.1) is 0 Å². The highest BCUT2D eigenvalue weighted by molar-refractivity contribution is 7.99. The molecule has 0 unspecified atom stereocenters. The Hall–Kier alpha value is -1.26. The summed E-state index contributed by atoms with van der Waals surface area (Å²) in [5.41, 5.74) is 6.78. The smallest absolute Gasteiger partial charge is 0.168 e. The molecular weight excluding hydrogens is 218 g/mol. The van der Waals surface area contributed by atoms with Crippen LogP contribution in [0.3, 0.4) is 0 Å². The Morgan fingerprint density at radius 3 is 2.81 bits per heavy atom. The summed E-state index contributed by atoms with van der Waals surface area (Å²) in [6.07, 6.45) is 3.84. The van der Waals surface area contributed by atoms with Crippen LogP contribution in [0.4, 0.5) is 0 Å². The van der Waals surface area contributed by atoms with Crippen molar-refractivity contribution >= 4 is 11.8 Å². The molecule has 0 fully saturated rings. The lowest BCUT2D eigenvalue weighted by atomic mass is 10.2. The minimum Gasteiger partial charge on any atom is -0.330 e. The molecule has 2 N–H and O–H groups in total. The highest BCUT2D eigenvalue weighted by Gasteiger charge is 2.03. The van der Waals surface area contributed by atoms with Crippen LogP contribution in [0.2, 0.25) is 0 Å². The third kappa shape index (κ3) is 2.87. The summed E-state index contributed by atoms with van der Waals surface area (Å²) < 4.78 is 2.15. The normalized spacial score (nSPS) is 10.6. The molecule has 1 aromatic heterocycles. The van der Waals surface area contributed by atoms with E-state index < -0.39 is 0 Å². The van der Waals surface area contributed by atoms with Gasteiger partial charge in [0.1, 0.15) is 0 Å². The third-order valence-electron chi connectivity index (χ3n) is 2.22.